The summed E-state index contributed by atoms with van der Waals surface area (Å²) in [4.78, 5) is 4.03. The third kappa shape index (κ3) is 3.10. The van der Waals surface area contributed by atoms with Gasteiger partial charge in [-0.3, -0.25) is 4.98 Å². The first-order valence-corrected chi connectivity index (χ1v) is 6.57. The average Bonchev–Trinajstić information content (AvgIpc) is 2.22. The zero-order valence-electron chi connectivity index (χ0n) is 10.2. The van der Waals surface area contributed by atoms with Crippen LogP contribution >= 0.6 is 15.9 Å². The van der Waals surface area contributed by atoms with E-state index in [2.05, 4.69) is 40.1 Å². The molecule has 3 N–H and O–H groups in total. The van der Waals surface area contributed by atoms with E-state index in [4.69, 9.17) is 10.5 Å². The molecular formula is C12H18BrN3O. The maximum atomic E-state index is 5.92. The molecule has 1 atom stereocenters. The van der Waals surface area contributed by atoms with Crippen molar-refractivity contribution in [3.05, 3.63) is 16.9 Å². The summed E-state index contributed by atoms with van der Waals surface area (Å²) in [5, 5.41) is 3.48. The molecule has 17 heavy (non-hydrogen) atoms. The van der Waals surface area contributed by atoms with E-state index in [9.17, 15) is 0 Å². The van der Waals surface area contributed by atoms with Crippen molar-refractivity contribution in [2.24, 2.45) is 0 Å². The third-order valence-corrected chi connectivity index (χ3v) is 3.58. The summed E-state index contributed by atoms with van der Waals surface area (Å²) in [5.74, 6) is 0. The van der Waals surface area contributed by atoms with Gasteiger partial charge in [-0.15, -0.1) is 0 Å². The number of nitrogen functional groups attached to an aromatic ring is 1. The Morgan fingerprint density at radius 3 is 2.94 bits per heavy atom. The molecule has 1 aliphatic rings. The summed E-state index contributed by atoms with van der Waals surface area (Å²) >= 11 is 3.47. The normalized spacial score (nSPS) is 23.4. The highest BCUT2D eigenvalue weighted by molar-refractivity contribution is 9.10. The number of nitrogens with zero attached hydrogens (tertiary/aromatic N) is 1. The van der Waals surface area contributed by atoms with Crippen LogP contribution in [0.3, 0.4) is 0 Å². The van der Waals surface area contributed by atoms with E-state index in [1.807, 2.05) is 0 Å². The van der Waals surface area contributed by atoms with Crippen LogP contribution in [-0.4, -0.2) is 23.2 Å². The Labute approximate surface area is 110 Å². The number of halogens is 1. The van der Waals surface area contributed by atoms with Crippen molar-refractivity contribution >= 4 is 27.3 Å². The van der Waals surface area contributed by atoms with Gasteiger partial charge >= 0.3 is 0 Å². The van der Waals surface area contributed by atoms with Gasteiger partial charge < -0.3 is 15.8 Å². The number of pyridine rings is 1. The minimum Gasteiger partial charge on any atom is -0.396 e. The number of anilines is 2. The fourth-order valence-electron chi connectivity index (χ4n) is 2.16. The molecule has 0 amide bonds. The number of nitrogens with two attached hydrogens (primary N) is 1. The quantitative estimate of drug-likeness (QED) is 0.881. The van der Waals surface area contributed by atoms with Gasteiger partial charge in [0, 0.05) is 18.8 Å². The minimum atomic E-state index is -0.0653. The van der Waals surface area contributed by atoms with E-state index in [0.717, 1.165) is 29.6 Å². The van der Waals surface area contributed by atoms with Crippen molar-refractivity contribution in [3.8, 4) is 0 Å². The lowest BCUT2D eigenvalue weighted by atomic mass is 9.94. The molecule has 94 valence electrons. The van der Waals surface area contributed by atoms with Crippen molar-refractivity contribution in [3.63, 3.8) is 0 Å². The summed E-state index contributed by atoms with van der Waals surface area (Å²) in [5.41, 5.74) is 7.46. The summed E-state index contributed by atoms with van der Waals surface area (Å²) in [6, 6.07) is 0.389. The van der Waals surface area contributed by atoms with Crippen molar-refractivity contribution in [1.29, 1.82) is 0 Å². The van der Waals surface area contributed by atoms with Gasteiger partial charge in [0.05, 0.1) is 27.6 Å². The molecule has 1 saturated heterocycles. The van der Waals surface area contributed by atoms with Crippen molar-refractivity contribution in [1.82, 2.24) is 4.98 Å². The van der Waals surface area contributed by atoms with Gasteiger partial charge in [-0.2, -0.15) is 0 Å². The van der Waals surface area contributed by atoms with Crippen LogP contribution in [-0.2, 0) is 4.74 Å². The molecule has 0 aromatic carbocycles. The molecule has 4 nitrogen and oxygen atoms in total. The van der Waals surface area contributed by atoms with Gasteiger partial charge in [-0.1, -0.05) is 0 Å². The van der Waals surface area contributed by atoms with Gasteiger partial charge in [0.25, 0.3) is 0 Å². The van der Waals surface area contributed by atoms with Gasteiger partial charge in [-0.05, 0) is 42.6 Å². The van der Waals surface area contributed by atoms with E-state index in [1.54, 1.807) is 12.4 Å². The number of rotatable bonds is 2. The summed E-state index contributed by atoms with van der Waals surface area (Å²) < 4.78 is 6.60. The zero-order valence-corrected chi connectivity index (χ0v) is 11.8. The predicted octanol–water partition coefficient (Wildman–Crippen LogP) is 2.80. The second-order valence-electron chi connectivity index (χ2n) is 5.03. The lowest BCUT2D eigenvalue weighted by Gasteiger charge is -2.36. The summed E-state index contributed by atoms with van der Waals surface area (Å²) in [6.45, 7) is 5.02. The lowest BCUT2D eigenvalue weighted by Crippen LogP contribution is -2.40. The highest BCUT2D eigenvalue weighted by Gasteiger charge is 2.29. The van der Waals surface area contributed by atoms with Crippen LogP contribution < -0.4 is 11.1 Å². The number of nitrogens with one attached hydrogen (secondary N) is 1. The molecule has 1 unspecified atom stereocenters. The van der Waals surface area contributed by atoms with E-state index in [0.29, 0.717) is 11.7 Å². The number of ether oxygens (including phenoxy) is 1. The Morgan fingerprint density at radius 1 is 1.53 bits per heavy atom. The molecule has 1 aromatic heterocycles. The zero-order chi connectivity index (χ0) is 12.5. The number of hydrogen-bond acceptors (Lipinski definition) is 4. The molecule has 1 fully saturated rings. The van der Waals surface area contributed by atoms with Gasteiger partial charge in [0.1, 0.15) is 0 Å². The SMILES string of the molecule is CC1(C)CC(Nc2c(N)cncc2Br)CCO1. The maximum Gasteiger partial charge on any atom is 0.0752 e. The summed E-state index contributed by atoms with van der Waals surface area (Å²) in [6.07, 6.45) is 5.39. The molecular weight excluding hydrogens is 282 g/mol. The molecule has 5 heteroatoms. The van der Waals surface area contributed by atoms with E-state index < -0.39 is 0 Å². The van der Waals surface area contributed by atoms with Crippen molar-refractivity contribution < 1.29 is 4.74 Å². The number of hydrogen-bond donors (Lipinski definition) is 2. The molecule has 0 radical (unpaired) electrons. The maximum absolute atomic E-state index is 5.92. The first-order valence-electron chi connectivity index (χ1n) is 5.77. The van der Waals surface area contributed by atoms with Gasteiger partial charge in [0.15, 0.2) is 0 Å². The first-order chi connectivity index (χ1) is 7.98. The molecule has 1 aromatic rings. The molecule has 0 bridgehead atoms. The van der Waals surface area contributed by atoms with Gasteiger partial charge in [-0.25, -0.2) is 0 Å². The smallest absolute Gasteiger partial charge is 0.0752 e. The average molecular weight is 300 g/mol. The van der Waals surface area contributed by atoms with E-state index in [-0.39, 0.29) is 5.60 Å². The Morgan fingerprint density at radius 2 is 2.29 bits per heavy atom. The first kappa shape index (κ1) is 12.6. The van der Waals surface area contributed by atoms with Crippen molar-refractivity contribution in [2.75, 3.05) is 17.7 Å². The predicted molar refractivity (Wildman–Crippen MR) is 73.0 cm³/mol. The standard InChI is InChI=1S/C12H18BrN3O/c1-12(2)5-8(3-4-17-12)16-11-9(13)6-15-7-10(11)14/h6-8H,3-5,14H2,1-2H3,(H,15,16). The van der Waals surface area contributed by atoms with Crippen LogP contribution in [0, 0.1) is 0 Å². The van der Waals surface area contributed by atoms with E-state index >= 15 is 0 Å². The Balaban J connectivity index is 2.10. The Kier molecular flexibility index (Phi) is 3.58. The third-order valence-electron chi connectivity index (χ3n) is 2.97. The van der Waals surface area contributed by atoms with Crippen molar-refractivity contribution in [2.45, 2.75) is 38.3 Å². The van der Waals surface area contributed by atoms with Crippen LogP contribution in [0.15, 0.2) is 16.9 Å². The van der Waals surface area contributed by atoms with Crippen LogP contribution in [0.4, 0.5) is 11.4 Å². The highest BCUT2D eigenvalue weighted by Crippen LogP contribution is 2.32. The molecule has 0 spiro atoms. The largest absolute Gasteiger partial charge is 0.396 e. The molecule has 2 heterocycles. The molecule has 2 rings (SSSR count). The second kappa shape index (κ2) is 4.82. The molecule has 1 aliphatic heterocycles. The molecule has 0 saturated carbocycles. The van der Waals surface area contributed by atoms with Crippen LogP contribution in [0.5, 0.6) is 0 Å². The fourth-order valence-corrected chi connectivity index (χ4v) is 2.62. The van der Waals surface area contributed by atoms with Crippen LogP contribution in [0.1, 0.15) is 26.7 Å². The monoisotopic (exact) mass is 299 g/mol. The topological polar surface area (TPSA) is 60.2 Å². The van der Waals surface area contributed by atoms with Gasteiger partial charge in [0.2, 0.25) is 0 Å². The van der Waals surface area contributed by atoms with Crippen LogP contribution in [0.2, 0.25) is 0 Å². The molecule has 0 aliphatic carbocycles. The van der Waals surface area contributed by atoms with Crippen LogP contribution in [0.25, 0.3) is 0 Å². The fraction of sp³-hybridized carbons (Fsp3) is 0.583. The minimum absolute atomic E-state index is 0.0653. The number of aromatic nitrogens is 1. The second-order valence-corrected chi connectivity index (χ2v) is 5.88. The Bertz CT molecular complexity index is 388. The lowest BCUT2D eigenvalue weighted by molar-refractivity contribution is -0.0553. The highest BCUT2D eigenvalue weighted by atomic mass is 79.9. The summed E-state index contributed by atoms with van der Waals surface area (Å²) in [7, 11) is 0. The van der Waals surface area contributed by atoms with E-state index in [1.165, 1.54) is 0 Å². The Hall–Kier alpha value is -0.810.